The number of benzene rings is 1. The summed E-state index contributed by atoms with van der Waals surface area (Å²) in [6, 6.07) is 5.88. The molecule has 0 saturated carbocycles. The third kappa shape index (κ3) is 3.74. The smallest absolute Gasteiger partial charge is 0.381 e. The monoisotopic (exact) mass is 443 g/mol. The van der Waals surface area contributed by atoms with Crippen molar-refractivity contribution >= 4 is 22.4 Å². The van der Waals surface area contributed by atoms with Crippen LogP contribution in [0, 0.1) is 18.8 Å². The number of anilines is 2. The van der Waals surface area contributed by atoms with Crippen LogP contribution in [-0.4, -0.2) is 41.5 Å². The van der Waals surface area contributed by atoms with E-state index in [-0.39, 0.29) is 5.56 Å². The van der Waals surface area contributed by atoms with Crippen LogP contribution in [0.2, 0.25) is 0 Å². The van der Waals surface area contributed by atoms with Gasteiger partial charge in [-0.05, 0) is 37.1 Å². The number of fused-ring (bicyclic) bond motifs is 2. The molecule has 1 N–H and O–H groups in total. The second kappa shape index (κ2) is 7.88. The molecule has 2 aliphatic rings. The van der Waals surface area contributed by atoms with E-state index in [9.17, 15) is 13.2 Å². The van der Waals surface area contributed by atoms with E-state index in [1.54, 1.807) is 12.3 Å². The highest BCUT2D eigenvalue weighted by molar-refractivity contribution is 5.90. The van der Waals surface area contributed by atoms with E-state index in [2.05, 4.69) is 25.4 Å². The maximum Gasteiger partial charge on any atom is 0.416 e. The molecule has 9 heteroatoms. The predicted octanol–water partition coefficient (Wildman–Crippen LogP) is 4.61. The fraction of sp³-hybridized carbons (Fsp3) is 0.435. The van der Waals surface area contributed by atoms with Gasteiger partial charge in [-0.15, -0.1) is 5.10 Å². The Balaban J connectivity index is 1.44. The van der Waals surface area contributed by atoms with Crippen LogP contribution in [0.25, 0.3) is 10.9 Å². The summed E-state index contributed by atoms with van der Waals surface area (Å²) >= 11 is 0. The number of ether oxygens (including phenoxy) is 1. The highest BCUT2D eigenvalue weighted by atomic mass is 19.4. The van der Waals surface area contributed by atoms with Gasteiger partial charge in [0.05, 0.1) is 48.4 Å². The van der Waals surface area contributed by atoms with Gasteiger partial charge in [-0.3, -0.25) is 4.98 Å². The SMILES string of the molecule is Cc1c([C@@H](C)Nc2nncc3ncc(N4CC5COCC5C4)cc23)cccc1C(F)(F)F. The zero-order valence-corrected chi connectivity index (χ0v) is 17.9. The first-order chi connectivity index (χ1) is 15.3. The van der Waals surface area contributed by atoms with Crippen molar-refractivity contribution in [1.82, 2.24) is 15.2 Å². The molecule has 2 aromatic heterocycles. The van der Waals surface area contributed by atoms with Crippen molar-refractivity contribution < 1.29 is 17.9 Å². The van der Waals surface area contributed by atoms with E-state index in [0.29, 0.717) is 28.7 Å². The molecule has 3 atom stereocenters. The number of rotatable bonds is 4. The molecule has 32 heavy (non-hydrogen) atoms. The summed E-state index contributed by atoms with van der Waals surface area (Å²) in [6.45, 7) is 6.78. The third-order valence-corrected chi connectivity index (χ3v) is 6.60. The summed E-state index contributed by atoms with van der Waals surface area (Å²) in [7, 11) is 0. The van der Waals surface area contributed by atoms with Crippen molar-refractivity contribution in [2.24, 2.45) is 11.8 Å². The predicted molar refractivity (Wildman–Crippen MR) is 116 cm³/mol. The standard InChI is InChI=1S/C23H24F3N5O/c1-13-18(4-3-5-20(13)23(24,25)26)14(2)29-22-19-6-17(7-27-21(19)8-28-30-22)31-9-15-11-32-12-16(15)10-31/h3-8,14-16H,9-12H2,1-2H3,(H,29,30)/t14-,15?,16?/m1/s1. The molecular weight excluding hydrogens is 419 g/mol. The molecule has 0 radical (unpaired) electrons. The van der Waals surface area contributed by atoms with Crippen LogP contribution >= 0.6 is 0 Å². The maximum atomic E-state index is 13.3. The topological polar surface area (TPSA) is 63.2 Å². The molecule has 0 spiro atoms. The number of aromatic nitrogens is 3. The molecule has 4 heterocycles. The van der Waals surface area contributed by atoms with Gasteiger partial charge in [0, 0.05) is 30.3 Å². The first-order valence-corrected chi connectivity index (χ1v) is 10.7. The fourth-order valence-corrected chi connectivity index (χ4v) is 4.84. The van der Waals surface area contributed by atoms with Crippen LogP contribution < -0.4 is 10.2 Å². The van der Waals surface area contributed by atoms with Crippen molar-refractivity contribution in [2.45, 2.75) is 26.1 Å². The molecule has 0 bridgehead atoms. The van der Waals surface area contributed by atoms with Gasteiger partial charge >= 0.3 is 6.18 Å². The number of halogens is 3. The minimum Gasteiger partial charge on any atom is -0.381 e. The second-order valence-electron chi connectivity index (χ2n) is 8.67. The van der Waals surface area contributed by atoms with Gasteiger partial charge in [-0.1, -0.05) is 12.1 Å². The zero-order chi connectivity index (χ0) is 22.5. The number of hydrogen-bond acceptors (Lipinski definition) is 6. The molecule has 2 unspecified atom stereocenters. The van der Waals surface area contributed by atoms with Crippen molar-refractivity contribution in [1.29, 1.82) is 0 Å². The lowest BCUT2D eigenvalue weighted by molar-refractivity contribution is -0.138. The Morgan fingerprint density at radius 3 is 2.62 bits per heavy atom. The quantitative estimate of drug-likeness (QED) is 0.636. The van der Waals surface area contributed by atoms with Gasteiger partial charge in [-0.25, -0.2) is 0 Å². The van der Waals surface area contributed by atoms with Gasteiger partial charge < -0.3 is 15.0 Å². The van der Waals surface area contributed by atoms with E-state index in [4.69, 9.17) is 4.74 Å². The van der Waals surface area contributed by atoms with Crippen LogP contribution in [0.4, 0.5) is 24.7 Å². The highest BCUT2D eigenvalue weighted by Crippen LogP contribution is 2.36. The summed E-state index contributed by atoms with van der Waals surface area (Å²) in [5.74, 6) is 1.59. The number of hydrogen-bond donors (Lipinski definition) is 1. The van der Waals surface area contributed by atoms with E-state index < -0.39 is 17.8 Å². The van der Waals surface area contributed by atoms with Crippen LogP contribution in [0.15, 0.2) is 36.7 Å². The van der Waals surface area contributed by atoms with E-state index in [0.717, 1.165) is 43.4 Å². The van der Waals surface area contributed by atoms with Crippen molar-refractivity contribution in [3.8, 4) is 0 Å². The van der Waals surface area contributed by atoms with Gasteiger partial charge in [0.25, 0.3) is 0 Å². The Morgan fingerprint density at radius 1 is 1.16 bits per heavy atom. The lowest BCUT2D eigenvalue weighted by atomic mass is 9.97. The molecule has 0 amide bonds. The van der Waals surface area contributed by atoms with E-state index in [1.807, 2.05) is 19.2 Å². The summed E-state index contributed by atoms with van der Waals surface area (Å²) in [6.07, 6.45) is -0.954. The Morgan fingerprint density at radius 2 is 1.91 bits per heavy atom. The maximum absolute atomic E-state index is 13.3. The molecule has 168 valence electrons. The third-order valence-electron chi connectivity index (χ3n) is 6.60. The van der Waals surface area contributed by atoms with Crippen LogP contribution in [-0.2, 0) is 10.9 Å². The molecule has 5 rings (SSSR count). The first kappa shape index (κ1) is 20.9. The summed E-state index contributed by atoms with van der Waals surface area (Å²) in [4.78, 5) is 6.87. The van der Waals surface area contributed by atoms with Gasteiger partial charge in [0.2, 0.25) is 0 Å². The van der Waals surface area contributed by atoms with Crippen LogP contribution in [0.1, 0.15) is 29.7 Å². The zero-order valence-electron chi connectivity index (χ0n) is 17.9. The molecule has 2 fully saturated rings. The van der Waals surface area contributed by atoms with Crippen LogP contribution in [0.3, 0.4) is 0 Å². The van der Waals surface area contributed by atoms with Gasteiger partial charge in [0.15, 0.2) is 5.82 Å². The minimum atomic E-state index is -4.39. The molecule has 6 nitrogen and oxygen atoms in total. The number of nitrogens with one attached hydrogen (secondary N) is 1. The lowest BCUT2D eigenvalue weighted by Crippen LogP contribution is -2.22. The summed E-state index contributed by atoms with van der Waals surface area (Å²) in [5, 5.41) is 12.3. The van der Waals surface area contributed by atoms with Gasteiger partial charge in [0.1, 0.15) is 0 Å². The molecule has 2 saturated heterocycles. The average molecular weight is 443 g/mol. The Kier molecular flexibility index (Phi) is 5.16. The number of pyridine rings is 1. The average Bonchev–Trinajstić information content (AvgIpc) is 3.35. The summed E-state index contributed by atoms with van der Waals surface area (Å²) in [5.41, 5.74) is 1.83. The van der Waals surface area contributed by atoms with E-state index >= 15 is 0 Å². The Bertz CT molecular complexity index is 1140. The molecular formula is C23H24F3N5O. The van der Waals surface area contributed by atoms with Crippen molar-refractivity contribution in [3.05, 3.63) is 53.3 Å². The molecule has 3 aromatic rings. The fourth-order valence-electron chi connectivity index (χ4n) is 4.84. The Hall–Kier alpha value is -2.94. The largest absolute Gasteiger partial charge is 0.416 e. The highest BCUT2D eigenvalue weighted by Gasteiger charge is 2.37. The minimum absolute atomic E-state index is 0.206. The van der Waals surface area contributed by atoms with Crippen LogP contribution in [0.5, 0.6) is 0 Å². The van der Waals surface area contributed by atoms with Crippen molar-refractivity contribution in [2.75, 3.05) is 36.5 Å². The number of nitrogens with zero attached hydrogens (tertiary/aromatic N) is 4. The molecule has 2 aliphatic heterocycles. The van der Waals surface area contributed by atoms with E-state index in [1.165, 1.54) is 13.0 Å². The summed E-state index contributed by atoms with van der Waals surface area (Å²) < 4.78 is 45.6. The normalized spacial score (nSPS) is 21.7. The van der Waals surface area contributed by atoms with Gasteiger partial charge in [-0.2, -0.15) is 18.3 Å². The van der Waals surface area contributed by atoms with Crippen molar-refractivity contribution in [3.63, 3.8) is 0 Å². The Labute approximate surface area is 183 Å². The second-order valence-corrected chi connectivity index (χ2v) is 8.67. The lowest BCUT2D eigenvalue weighted by Gasteiger charge is -2.22. The molecule has 0 aliphatic carbocycles. The molecule has 1 aromatic carbocycles. The number of alkyl halides is 3. The first-order valence-electron chi connectivity index (χ1n) is 10.7.